The van der Waals surface area contributed by atoms with Gasteiger partial charge in [-0.3, -0.25) is 14.9 Å². The number of carbonyl (C=O) groups excluding carboxylic acids is 2. The second kappa shape index (κ2) is 9.82. The van der Waals surface area contributed by atoms with Crippen molar-refractivity contribution in [2.24, 2.45) is 0 Å². The van der Waals surface area contributed by atoms with Gasteiger partial charge in [-0.25, -0.2) is 4.98 Å². The maximum absolute atomic E-state index is 12.3. The molecule has 1 aliphatic rings. The van der Waals surface area contributed by atoms with Gasteiger partial charge in [-0.15, -0.1) is 23.1 Å². The first kappa shape index (κ1) is 21.8. The van der Waals surface area contributed by atoms with Crippen molar-refractivity contribution in [2.45, 2.75) is 24.9 Å². The molecule has 1 aromatic heterocycles. The van der Waals surface area contributed by atoms with E-state index in [1.165, 1.54) is 11.8 Å². The van der Waals surface area contributed by atoms with Crippen molar-refractivity contribution in [2.75, 3.05) is 11.1 Å². The second-order valence-corrected chi connectivity index (χ2v) is 9.64. The van der Waals surface area contributed by atoms with Crippen LogP contribution in [0.25, 0.3) is 10.6 Å². The van der Waals surface area contributed by atoms with E-state index in [2.05, 4.69) is 16.0 Å². The molecule has 0 spiro atoms. The third kappa shape index (κ3) is 5.65. The summed E-state index contributed by atoms with van der Waals surface area (Å²) in [6, 6.07) is 16.9. The number of halogens is 1. The molecule has 0 saturated carbocycles. The second-order valence-electron chi connectivity index (χ2n) is 7.08. The van der Waals surface area contributed by atoms with Crippen LogP contribution < -0.4 is 16.0 Å². The SMILES string of the molecule is Cc1nc(-c2ccccc2)sc1C1CC(=O)NC(SCC(=O)Nc2cccc(Cl)c2)N1. The van der Waals surface area contributed by atoms with E-state index in [-0.39, 0.29) is 29.1 Å². The standard InChI is InChI=1S/C22H21ClN4O2S2/c1-13-20(31-21(24-13)14-6-3-2-4-7-14)17-11-18(28)27-22(26-17)30-12-19(29)25-16-9-5-8-15(23)10-16/h2-10,17,22,26H,11-12H2,1H3,(H,25,29)(H,27,28). The molecule has 2 atom stereocenters. The lowest BCUT2D eigenvalue weighted by Gasteiger charge is -2.30. The lowest BCUT2D eigenvalue weighted by Crippen LogP contribution is -2.51. The van der Waals surface area contributed by atoms with Gasteiger partial charge in [0.15, 0.2) is 0 Å². The number of hydrogen-bond donors (Lipinski definition) is 3. The van der Waals surface area contributed by atoms with Crippen LogP contribution in [-0.2, 0) is 9.59 Å². The number of amides is 2. The quantitative estimate of drug-likeness (QED) is 0.489. The van der Waals surface area contributed by atoms with E-state index in [1.54, 1.807) is 35.6 Å². The van der Waals surface area contributed by atoms with Gasteiger partial charge in [-0.2, -0.15) is 0 Å². The minimum Gasteiger partial charge on any atom is -0.332 e. The monoisotopic (exact) mass is 472 g/mol. The van der Waals surface area contributed by atoms with Crippen LogP contribution in [-0.4, -0.2) is 28.0 Å². The van der Waals surface area contributed by atoms with Crippen molar-refractivity contribution >= 4 is 52.2 Å². The van der Waals surface area contributed by atoms with Gasteiger partial charge >= 0.3 is 0 Å². The Balaban J connectivity index is 1.39. The average Bonchev–Trinajstić information content (AvgIpc) is 3.14. The van der Waals surface area contributed by atoms with Gasteiger partial charge in [0, 0.05) is 27.6 Å². The molecule has 1 saturated heterocycles. The zero-order valence-electron chi connectivity index (χ0n) is 16.7. The van der Waals surface area contributed by atoms with E-state index >= 15 is 0 Å². The molecule has 4 rings (SSSR count). The number of nitrogens with zero attached hydrogens (tertiary/aromatic N) is 1. The molecule has 3 N–H and O–H groups in total. The van der Waals surface area contributed by atoms with Crippen LogP contribution >= 0.6 is 34.7 Å². The highest BCUT2D eigenvalue weighted by molar-refractivity contribution is 8.00. The number of hydrogen-bond acceptors (Lipinski definition) is 6. The van der Waals surface area contributed by atoms with Crippen LogP contribution in [0.4, 0.5) is 5.69 Å². The number of thiazole rings is 1. The Morgan fingerprint density at radius 2 is 2.06 bits per heavy atom. The molecule has 2 heterocycles. The van der Waals surface area contributed by atoms with Crippen molar-refractivity contribution in [3.8, 4) is 10.6 Å². The predicted octanol–water partition coefficient (Wildman–Crippen LogP) is 4.58. The van der Waals surface area contributed by atoms with E-state index in [4.69, 9.17) is 16.6 Å². The van der Waals surface area contributed by atoms with Crippen molar-refractivity contribution in [3.63, 3.8) is 0 Å². The first-order chi connectivity index (χ1) is 15.0. The maximum atomic E-state index is 12.3. The van der Waals surface area contributed by atoms with Crippen molar-refractivity contribution in [1.82, 2.24) is 15.6 Å². The molecule has 6 nitrogen and oxygen atoms in total. The molecule has 9 heteroatoms. The lowest BCUT2D eigenvalue weighted by atomic mass is 10.1. The Morgan fingerprint density at radius 3 is 2.84 bits per heavy atom. The molecule has 3 aromatic rings. The van der Waals surface area contributed by atoms with Gasteiger partial charge in [0.05, 0.1) is 17.5 Å². The molecular formula is C22H21ClN4O2S2. The number of thioether (sulfide) groups is 1. The fourth-order valence-corrected chi connectivity index (χ4v) is 5.48. The normalized spacial score (nSPS) is 18.5. The zero-order valence-corrected chi connectivity index (χ0v) is 19.1. The Labute approximate surface area is 193 Å². The van der Waals surface area contributed by atoms with Gasteiger partial charge in [-0.05, 0) is 25.1 Å². The van der Waals surface area contributed by atoms with Crippen LogP contribution in [0.2, 0.25) is 5.02 Å². The highest BCUT2D eigenvalue weighted by Gasteiger charge is 2.30. The fraction of sp³-hybridized carbons (Fsp3) is 0.227. The Morgan fingerprint density at radius 1 is 1.26 bits per heavy atom. The van der Waals surface area contributed by atoms with Gasteiger partial charge in [0.1, 0.15) is 10.5 Å². The topological polar surface area (TPSA) is 83.1 Å². The number of carbonyl (C=O) groups is 2. The number of benzene rings is 2. The summed E-state index contributed by atoms with van der Waals surface area (Å²) in [6.07, 6.45) is 0.336. The number of anilines is 1. The fourth-order valence-electron chi connectivity index (χ4n) is 3.29. The maximum Gasteiger partial charge on any atom is 0.234 e. The molecular weight excluding hydrogens is 452 g/mol. The largest absolute Gasteiger partial charge is 0.332 e. The van der Waals surface area contributed by atoms with Crippen LogP contribution in [0.5, 0.6) is 0 Å². The zero-order chi connectivity index (χ0) is 21.8. The molecule has 2 aromatic carbocycles. The van der Waals surface area contributed by atoms with Gasteiger partial charge in [-0.1, -0.05) is 48.0 Å². The average molecular weight is 473 g/mol. The summed E-state index contributed by atoms with van der Waals surface area (Å²) in [5.74, 6) is -0.0231. The van der Waals surface area contributed by atoms with E-state index in [0.717, 1.165) is 21.1 Å². The highest BCUT2D eigenvalue weighted by atomic mass is 35.5. The molecule has 2 unspecified atom stereocenters. The third-order valence-corrected chi connectivity index (χ3v) is 7.26. The first-order valence-electron chi connectivity index (χ1n) is 9.73. The number of rotatable bonds is 6. The van der Waals surface area contributed by atoms with Crippen LogP contribution in [0.15, 0.2) is 54.6 Å². The smallest absolute Gasteiger partial charge is 0.234 e. The summed E-state index contributed by atoms with van der Waals surface area (Å²) in [5.41, 5.74) is 2.26. The van der Waals surface area contributed by atoms with E-state index in [0.29, 0.717) is 17.1 Å². The van der Waals surface area contributed by atoms with Crippen LogP contribution in [0.1, 0.15) is 23.0 Å². The van der Waals surface area contributed by atoms with Gasteiger partial charge in [0.25, 0.3) is 0 Å². The van der Waals surface area contributed by atoms with Gasteiger partial charge < -0.3 is 10.6 Å². The molecule has 1 aliphatic heterocycles. The van der Waals surface area contributed by atoms with Crippen LogP contribution in [0.3, 0.4) is 0 Å². The van der Waals surface area contributed by atoms with E-state index < -0.39 is 0 Å². The Kier molecular flexibility index (Phi) is 6.92. The Bertz CT molecular complexity index is 1090. The molecule has 0 bridgehead atoms. The molecule has 1 fully saturated rings. The summed E-state index contributed by atoms with van der Waals surface area (Å²) in [7, 11) is 0. The highest BCUT2D eigenvalue weighted by Crippen LogP contribution is 2.34. The van der Waals surface area contributed by atoms with E-state index in [1.807, 2.05) is 37.3 Å². The lowest BCUT2D eigenvalue weighted by molar-refractivity contribution is -0.123. The predicted molar refractivity (Wildman–Crippen MR) is 127 cm³/mol. The molecule has 0 radical (unpaired) electrons. The molecule has 0 aliphatic carbocycles. The minimum atomic E-state index is -0.363. The van der Waals surface area contributed by atoms with E-state index in [9.17, 15) is 9.59 Å². The van der Waals surface area contributed by atoms with Crippen molar-refractivity contribution < 1.29 is 9.59 Å². The molecule has 2 amide bonds. The van der Waals surface area contributed by atoms with Gasteiger partial charge in [0.2, 0.25) is 11.8 Å². The summed E-state index contributed by atoms with van der Waals surface area (Å²) in [6.45, 7) is 1.97. The third-order valence-electron chi connectivity index (χ3n) is 4.69. The number of aromatic nitrogens is 1. The van der Waals surface area contributed by atoms with Crippen molar-refractivity contribution in [1.29, 1.82) is 0 Å². The first-order valence-corrected chi connectivity index (χ1v) is 12.0. The Hall–Kier alpha value is -2.39. The van der Waals surface area contributed by atoms with Crippen LogP contribution in [0, 0.1) is 6.92 Å². The van der Waals surface area contributed by atoms with Crippen molar-refractivity contribution in [3.05, 3.63) is 70.2 Å². The summed E-state index contributed by atoms with van der Waals surface area (Å²) in [4.78, 5) is 30.4. The number of nitrogens with one attached hydrogen (secondary N) is 3. The molecule has 31 heavy (non-hydrogen) atoms. The summed E-state index contributed by atoms with van der Waals surface area (Å²) >= 11 is 8.89. The molecule has 160 valence electrons. The minimum absolute atomic E-state index is 0.0504. The number of aryl methyl sites for hydroxylation is 1. The summed E-state index contributed by atoms with van der Waals surface area (Å²) < 4.78 is 0. The summed E-state index contributed by atoms with van der Waals surface area (Å²) in [5, 5.41) is 10.6.